The Morgan fingerprint density at radius 2 is 1.73 bits per heavy atom. The third-order valence-electron chi connectivity index (χ3n) is 6.70. The van der Waals surface area contributed by atoms with Crippen LogP contribution in [0.25, 0.3) is 10.8 Å². The lowest BCUT2D eigenvalue weighted by Crippen LogP contribution is -2.53. The van der Waals surface area contributed by atoms with Gasteiger partial charge in [0.15, 0.2) is 0 Å². The lowest BCUT2D eigenvalue weighted by Gasteiger charge is -2.35. The van der Waals surface area contributed by atoms with Crippen LogP contribution in [0.15, 0.2) is 60.7 Å². The summed E-state index contributed by atoms with van der Waals surface area (Å²) in [4.78, 5) is 38.5. The van der Waals surface area contributed by atoms with E-state index in [4.69, 9.17) is 0 Å². The largest absolute Gasteiger partial charge is 0.471 e. The van der Waals surface area contributed by atoms with Crippen molar-refractivity contribution in [3.05, 3.63) is 77.4 Å². The van der Waals surface area contributed by atoms with Crippen LogP contribution in [0, 0.1) is 6.92 Å². The molecule has 6 nitrogen and oxygen atoms in total. The molecule has 3 amide bonds. The number of hydrogen-bond donors (Lipinski definition) is 2. The topological polar surface area (TPSA) is 78.5 Å². The van der Waals surface area contributed by atoms with E-state index in [0.29, 0.717) is 28.9 Å². The maximum absolute atomic E-state index is 13.2. The van der Waals surface area contributed by atoms with Gasteiger partial charge in [-0.2, -0.15) is 13.2 Å². The molecule has 2 atom stereocenters. The molecule has 4 rings (SSSR count). The normalized spacial score (nSPS) is 16.8. The first-order valence-electron chi connectivity index (χ1n) is 12.1. The van der Waals surface area contributed by atoms with Gasteiger partial charge >= 0.3 is 12.1 Å². The number of fused-ring (bicyclic) bond motifs is 1. The number of carbonyl (C=O) groups is 3. The van der Waals surface area contributed by atoms with E-state index < -0.39 is 24.0 Å². The van der Waals surface area contributed by atoms with E-state index >= 15 is 0 Å². The highest BCUT2D eigenvalue weighted by molar-refractivity contribution is 6.01. The number of benzene rings is 3. The van der Waals surface area contributed by atoms with E-state index in [2.05, 4.69) is 10.6 Å². The molecule has 3 aromatic carbocycles. The number of piperidine rings is 1. The number of aryl methyl sites for hydroxylation is 1. The molecule has 0 aromatic heterocycles. The van der Waals surface area contributed by atoms with Crippen molar-refractivity contribution in [2.45, 2.75) is 51.4 Å². The molecule has 0 aliphatic carbocycles. The van der Waals surface area contributed by atoms with Crippen LogP contribution in [0.1, 0.15) is 53.7 Å². The number of rotatable bonds is 5. The first-order chi connectivity index (χ1) is 17.6. The van der Waals surface area contributed by atoms with Crippen LogP contribution in [-0.2, 0) is 9.59 Å². The molecule has 1 fully saturated rings. The van der Waals surface area contributed by atoms with Gasteiger partial charge in [-0.15, -0.1) is 0 Å². The van der Waals surface area contributed by atoms with Gasteiger partial charge in [0, 0.05) is 17.8 Å². The summed E-state index contributed by atoms with van der Waals surface area (Å²) in [7, 11) is 0. The zero-order valence-electron chi connectivity index (χ0n) is 20.6. The number of halogens is 3. The van der Waals surface area contributed by atoms with Crippen LogP contribution in [0.4, 0.5) is 18.9 Å². The lowest BCUT2D eigenvalue weighted by atomic mass is 9.99. The van der Waals surface area contributed by atoms with Crippen molar-refractivity contribution in [3.63, 3.8) is 0 Å². The number of carbonyl (C=O) groups excluding carboxylic acids is 3. The highest BCUT2D eigenvalue weighted by atomic mass is 19.4. The van der Waals surface area contributed by atoms with Crippen molar-refractivity contribution in [1.29, 1.82) is 0 Å². The van der Waals surface area contributed by atoms with Crippen molar-refractivity contribution in [3.8, 4) is 0 Å². The van der Waals surface area contributed by atoms with Crippen LogP contribution in [-0.4, -0.2) is 41.4 Å². The highest BCUT2D eigenvalue weighted by Crippen LogP contribution is 2.27. The third-order valence-corrected chi connectivity index (χ3v) is 6.70. The van der Waals surface area contributed by atoms with Crippen molar-refractivity contribution in [2.24, 2.45) is 0 Å². The Bertz CT molecular complexity index is 1330. The smallest absolute Gasteiger partial charge is 0.345 e. The molecule has 1 heterocycles. The van der Waals surface area contributed by atoms with E-state index in [1.165, 1.54) is 6.07 Å². The molecule has 1 aliphatic heterocycles. The van der Waals surface area contributed by atoms with Gasteiger partial charge in [-0.3, -0.25) is 14.4 Å². The van der Waals surface area contributed by atoms with E-state index in [0.717, 1.165) is 16.3 Å². The fourth-order valence-corrected chi connectivity index (χ4v) is 4.76. The SMILES string of the molecule is Cc1ccc(NC(=O)[C@@H]2CCCCN2C(=O)C(F)(F)F)cc1C(=O)N[C@H](C)c1cccc2ccccc12. The minimum Gasteiger partial charge on any atom is -0.345 e. The summed E-state index contributed by atoms with van der Waals surface area (Å²) in [5, 5.41) is 7.68. The molecule has 0 unspecified atom stereocenters. The van der Waals surface area contributed by atoms with Gasteiger partial charge in [-0.25, -0.2) is 0 Å². The summed E-state index contributed by atoms with van der Waals surface area (Å²) in [5.41, 5.74) is 2.23. The molecule has 1 aliphatic rings. The lowest BCUT2D eigenvalue weighted by molar-refractivity contribution is -0.189. The quantitative estimate of drug-likeness (QED) is 0.474. The summed E-state index contributed by atoms with van der Waals surface area (Å²) in [6.45, 7) is 3.51. The molecule has 37 heavy (non-hydrogen) atoms. The van der Waals surface area contributed by atoms with Crippen LogP contribution in [0.2, 0.25) is 0 Å². The van der Waals surface area contributed by atoms with E-state index in [9.17, 15) is 27.6 Å². The second-order valence-electron chi connectivity index (χ2n) is 9.29. The third kappa shape index (κ3) is 5.76. The Morgan fingerprint density at radius 1 is 1.00 bits per heavy atom. The van der Waals surface area contributed by atoms with Gasteiger partial charge in [0.25, 0.3) is 5.91 Å². The average Bonchev–Trinajstić information content (AvgIpc) is 2.88. The van der Waals surface area contributed by atoms with Gasteiger partial charge in [0.2, 0.25) is 5.91 Å². The van der Waals surface area contributed by atoms with E-state index in [1.807, 2.05) is 49.4 Å². The molecule has 0 saturated carbocycles. The minimum absolute atomic E-state index is 0.134. The average molecular weight is 512 g/mol. The zero-order valence-corrected chi connectivity index (χ0v) is 20.6. The Balaban J connectivity index is 1.50. The molecule has 2 N–H and O–H groups in total. The molecule has 0 bridgehead atoms. The number of amides is 3. The summed E-state index contributed by atoms with van der Waals surface area (Å²) in [6.07, 6.45) is -3.98. The number of alkyl halides is 3. The predicted octanol–water partition coefficient (Wildman–Crippen LogP) is 5.52. The second-order valence-corrected chi connectivity index (χ2v) is 9.29. The van der Waals surface area contributed by atoms with Gasteiger partial charge in [-0.05, 0) is 67.1 Å². The Kier molecular flexibility index (Phi) is 7.52. The first kappa shape index (κ1) is 26.2. The Hall–Kier alpha value is -3.88. The van der Waals surface area contributed by atoms with Crippen molar-refractivity contribution in [2.75, 3.05) is 11.9 Å². The van der Waals surface area contributed by atoms with Crippen molar-refractivity contribution < 1.29 is 27.6 Å². The monoisotopic (exact) mass is 511 g/mol. The number of likely N-dealkylation sites (tertiary alicyclic amines) is 1. The molecule has 0 spiro atoms. The maximum Gasteiger partial charge on any atom is 0.471 e. The van der Waals surface area contributed by atoms with Gasteiger partial charge in [0.05, 0.1) is 6.04 Å². The number of anilines is 1. The fraction of sp³-hybridized carbons (Fsp3) is 0.321. The standard InChI is InChI=1S/C28H28F3N3O3/c1-17-13-14-20(33-26(36)24-12-5-6-15-34(24)27(37)28(29,30)31)16-23(17)25(35)32-18(2)21-11-7-9-19-8-3-4-10-22(19)21/h3-4,7-11,13-14,16,18,24H,5-6,12,15H2,1-2H3,(H,32,35)(H,33,36)/t18-,24+/m1/s1. The molecule has 3 aromatic rings. The summed E-state index contributed by atoms with van der Waals surface area (Å²) < 4.78 is 39.1. The summed E-state index contributed by atoms with van der Waals surface area (Å²) in [5.74, 6) is -3.07. The first-order valence-corrected chi connectivity index (χ1v) is 12.1. The van der Waals surface area contributed by atoms with Gasteiger partial charge in [0.1, 0.15) is 6.04 Å². The molecular weight excluding hydrogens is 483 g/mol. The highest BCUT2D eigenvalue weighted by Gasteiger charge is 2.46. The fourth-order valence-electron chi connectivity index (χ4n) is 4.76. The van der Waals surface area contributed by atoms with Gasteiger partial charge in [-0.1, -0.05) is 48.5 Å². The maximum atomic E-state index is 13.2. The van der Waals surface area contributed by atoms with Gasteiger partial charge < -0.3 is 15.5 Å². The number of nitrogens with one attached hydrogen (secondary N) is 2. The van der Waals surface area contributed by atoms with E-state index in [1.54, 1.807) is 19.1 Å². The van der Waals surface area contributed by atoms with Crippen LogP contribution < -0.4 is 10.6 Å². The van der Waals surface area contributed by atoms with Crippen molar-refractivity contribution >= 4 is 34.2 Å². The zero-order chi connectivity index (χ0) is 26.7. The number of nitrogens with zero attached hydrogens (tertiary/aromatic N) is 1. The molecule has 1 saturated heterocycles. The van der Waals surface area contributed by atoms with Crippen molar-refractivity contribution in [1.82, 2.24) is 10.2 Å². The minimum atomic E-state index is -5.05. The molecule has 9 heteroatoms. The molecule has 0 radical (unpaired) electrons. The second kappa shape index (κ2) is 10.6. The van der Waals surface area contributed by atoms with E-state index in [-0.39, 0.29) is 30.6 Å². The van der Waals surface area contributed by atoms with Crippen LogP contribution in [0.5, 0.6) is 0 Å². The van der Waals surface area contributed by atoms with Crippen LogP contribution in [0.3, 0.4) is 0 Å². The van der Waals surface area contributed by atoms with Crippen LogP contribution >= 0.6 is 0 Å². The number of hydrogen-bond acceptors (Lipinski definition) is 3. The summed E-state index contributed by atoms with van der Waals surface area (Å²) >= 11 is 0. The summed E-state index contributed by atoms with van der Waals surface area (Å²) in [6, 6.07) is 17.0. The Morgan fingerprint density at radius 3 is 2.49 bits per heavy atom. The Labute approximate surface area is 212 Å². The molecular formula is C28H28F3N3O3. The predicted molar refractivity (Wildman–Crippen MR) is 135 cm³/mol. The molecule has 194 valence electrons.